The standard InChI is InChI=1S/C13H25N3O/c1-6-14-9-12-10-15-11(2)16(12)7-8-17-13(3,4)5/h10,14H,6-9H2,1-5H3. The molecule has 1 heterocycles. The van der Waals surface area contributed by atoms with Gasteiger partial charge in [-0.2, -0.15) is 0 Å². The maximum Gasteiger partial charge on any atom is 0.105 e. The zero-order chi connectivity index (χ0) is 12.9. The number of aryl methyl sites for hydroxylation is 1. The smallest absolute Gasteiger partial charge is 0.105 e. The van der Waals surface area contributed by atoms with E-state index in [4.69, 9.17) is 4.74 Å². The van der Waals surface area contributed by atoms with Crippen LogP contribution in [0.2, 0.25) is 0 Å². The van der Waals surface area contributed by atoms with Gasteiger partial charge in [0.25, 0.3) is 0 Å². The van der Waals surface area contributed by atoms with Gasteiger partial charge in [0.15, 0.2) is 0 Å². The summed E-state index contributed by atoms with van der Waals surface area (Å²) in [6, 6.07) is 0. The van der Waals surface area contributed by atoms with Crippen LogP contribution in [0.15, 0.2) is 6.20 Å². The van der Waals surface area contributed by atoms with Crippen LogP contribution in [0.4, 0.5) is 0 Å². The molecule has 0 unspecified atom stereocenters. The number of ether oxygens (including phenoxy) is 1. The highest BCUT2D eigenvalue weighted by molar-refractivity contribution is 5.04. The lowest BCUT2D eigenvalue weighted by Crippen LogP contribution is -2.23. The third kappa shape index (κ3) is 4.88. The zero-order valence-electron chi connectivity index (χ0n) is 11.7. The number of imidazole rings is 1. The lowest BCUT2D eigenvalue weighted by Gasteiger charge is -2.20. The summed E-state index contributed by atoms with van der Waals surface area (Å²) in [4.78, 5) is 4.35. The van der Waals surface area contributed by atoms with Crippen molar-refractivity contribution >= 4 is 0 Å². The topological polar surface area (TPSA) is 39.1 Å². The molecule has 17 heavy (non-hydrogen) atoms. The molecule has 98 valence electrons. The lowest BCUT2D eigenvalue weighted by molar-refractivity contribution is -0.00725. The number of hydrogen-bond donors (Lipinski definition) is 1. The molecule has 0 fully saturated rings. The van der Waals surface area contributed by atoms with Crippen molar-refractivity contribution in [3.63, 3.8) is 0 Å². The van der Waals surface area contributed by atoms with E-state index in [0.717, 1.165) is 32.1 Å². The monoisotopic (exact) mass is 239 g/mol. The van der Waals surface area contributed by atoms with Crippen molar-refractivity contribution in [2.45, 2.75) is 53.3 Å². The summed E-state index contributed by atoms with van der Waals surface area (Å²) >= 11 is 0. The molecule has 0 amide bonds. The minimum atomic E-state index is -0.0731. The van der Waals surface area contributed by atoms with Gasteiger partial charge in [0, 0.05) is 19.3 Å². The van der Waals surface area contributed by atoms with Gasteiger partial charge in [-0.05, 0) is 34.2 Å². The Bertz CT molecular complexity index is 339. The average Bonchev–Trinajstić information content (AvgIpc) is 2.56. The van der Waals surface area contributed by atoms with Gasteiger partial charge in [-0.25, -0.2) is 4.98 Å². The number of rotatable bonds is 6. The van der Waals surface area contributed by atoms with Crippen LogP contribution >= 0.6 is 0 Å². The van der Waals surface area contributed by atoms with Gasteiger partial charge < -0.3 is 14.6 Å². The van der Waals surface area contributed by atoms with Gasteiger partial charge in [-0.1, -0.05) is 6.92 Å². The minimum Gasteiger partial charge on any atom is -0.374 e. The fourth-order valence-electron chi connectivity index (χ4n) is 1.66. The maximum atomic E-state index is 5.75. The molecule has 0 radical (unpaired) electrons. The van der Waals surface area contributed by atoms with Crippen LogP contribution in [0, 0.1) is 6.92 Å². The predicted molar refractivity (Wildman–Crippen MR) is 70.0 cm³/mol. The maximum absolute atomic E-state index is 5.75. The van der Waals surface area contributed by atoms with E-state index in [9.17, 15) is 0 Å². The minimum absolute atomic E-state index is 0.0731. The van der Waals surface area contributed by atoms with Crippen molar-refractivity contribution in [3.8, 4) is 0 Å². The summed E-state index contributed by atoms with van der Waals surface area (Å²) < 4.78 is 7.96. The van der Waals surface area contributed by atoms with Crippen molar-refractivity contribution in [1.29, 1.82) is 0 Å². The highest BCUT2D eigenvalue weighted by Crippen LogP contribution is 2.09. The second-order valence-electron chi connectivity index (χ2n) is 5.19. The first-order chi connectivity index (χ1) is 7.94. The molecule has 4 nitrogen and oxygen atoms in total. The molecule has 1 N–H and O–H groups in total. The van der Waals surface area contributed by atoms with Crippen molar-refractivity contribution < 1.29 is 4.74 Å². The van der Waals surface area contributed by atoms with Crippen LogP contribution in [0.1, 0.15) is 39.2 Å². The molecule has 1 aromatic heterocycles. The van der Waals surface area contributed by atoms with Gasteiger partial charge in [0.2, 0.25) is 0 Å². The fraction of sp³-hybridized carbons (Fsp3) is 0.769. The third-order valence-electron chi connectivity index (χ3n) is 2.54. The Hall–Kier alpha value is -0.870. The van der Waals surface area contributed by atoms with Crippen molar-refractivity contribution in [2.24, 2.45) is 0 Å². The first-order valence-corrected chi connectivity index (χ1v) is 6.29. The molecular weight excluding hydrogens is 214 g/mol. The Morgan fingerprint density at radius 2 is 2.12 bits per heavy atom. The van der Waals surface area contributed by atoms with E-state index >= 15 is 0 Å². The van der Waals surface area contributed by atoms with Crippen LogP contribution < -0.4 is 5.32 Å². The van der Waals surface area contributed by atoms with Gasteiger partial charge >= 0.3 is 0 Å². The molecule has 1 aromatic rings. The van der Waals surface area contributed by atoms with Crippen LogP contribution in [0.3, 0.4) is 0 Å². The SMILES string of the molecule is CCNCc1cnc(C)n1CCOC(C)(C)C. The van der Waals surface area contributed by atoms with Crippen LogP contribution in [0.5, 0.6) is 0 Å². The van der Waals surface area contributed by atoms with E-state index < -0.39 is 0 Å². The molecular formula is C13H25N3O. The van der Waals surface area contributed by atoms with E-state index in [1.807, 2.05) is 13.1 Å². The second kappa shape index (κ2) is 6.17. The first kappa shape index (κ1) is 14.2. The van der Waals surface area contributed by atoms with E-state index in [1.165, 1.54) is 5.69 Å². The molecule has 1 rings (SSSR count). The summed E-state index contributed by atoms with van der Waals surface area (Å²) in [5.74, 6) is 1.05. The molecule has 0 saturated carbocycles. The molecule has 0 aliphatic rings. The Morgan fingerprint density at radius 3 is 2.71 bits per heavy atom. The summed E-state index contributed by atoms with van der Waals surface area (Å²) in [5.41, 5.74) is 1.15. The Kier molecular flexibility index (Phi) is 5.15. The highest BCUT2D eigenvalue weighted by Gasteiger charge is 2.11. The average molecular weight is 239 g/mol. The van der Waals surface area contributed by atoms with Crippen molar-refractivity contribution in [2.75, 3.05) is 13.2 Å². The third-order valence-corrected chi connectivity index (χ3v) is 2.54. The quantitative estimate of drug-likeness (QED) is 0.826. The van der Waals surface area contributed by atoms with Crippen LogP contribution in [0.25, 0.3) is 0 Å². The predicted octanol–water partition coefficient (Wildman–Crippen LogP) is 2.12. The summed E-state index contributed by atoms with van der Waals surface area (Å²) in [6.45, 7) is 13.8. The molecule has 4 heteroatoms. The van der Waals surface area contributed by atoms with Gasteiger partial charge in [0.05, 0.1) is 17.9 Å². The Morgan fingerprint density at radius 1 is 1.41 bits per heavy atom. The summed E-state index contributed by atoms with van der Waals surface area (Å²) in [7, 11) is 0. The summed E-state index contributed by atoms with van der Waals surface area (Å²) in [5, 5.41) is 3.32. The lowest BCUT2D eigenvalue weighted by atomic mass is 10.2. The zero-order valence-corrected chi connectivity index (χ0v) is 11.7. The van der Waals surface area contributed by atoms with E-state index in [-0.39, 0.29) is 5.60 Å². The van der Waals surface area contributed by atoms with Crippen molar-refractivity contribution in [1.82, 2.24) is 14.9 Å². The van der Waals surface area contributed by atoms with Gasteiger partial charge in [0.1, 0.15) is 5.82 Å². The number of nitrogens with zero attached hydrogens (tertiary/aromatic N) is 2. The first-order valence-electron chi connectivity index (χ1n) is 6.29. The molecule has 0 bridgehead atoms. The largest absolute Gasteiger partial charge is 0.374 e. The summed E-state index contributed by atoms with van der Waals surface area (Å²) in [6.07, 6.45) is 1.94. The highest BCUT2D eigenvalue weighted by atomic mass is 16.5. The Balaban J connectivity index is 2.54. The van der Waals surface area contributed by atoms with E-state index in [1.54, 1.807) is 0 Å². The van der Waals surface area contributed by atoms with E-state index in [0.29, 0.717) is 0 Å². The Labute approximate surface area is 104 Å². The van der Waals surface area contributed by atoms with Gasteiger partial charge in [-0.15, -0.1) is 0 Å². The number of aromatic nitrogens is 2. The molecule has 0 atom stereocenters. The van der Waals surface area contributed by atoms with Crippen LogP contribution in [-0.4, -0.2) is 28.3 Å². The fourth-order valence-corrected chi connectivity index (χ4v) is 1.66. The number of hydrogen-bond acceptors (Lipinski definition) is 3. The molecule has 0 aliphatic carbocycles. The van der Waals surface area contributed by atoms with Crippen molar-refractivity contribution in [3.05, 3.63) is 17.7 Å². The molecule has 0 spiro atoms. The second-order valence-corrected chi connectivity index (χ2v) is 5.19. The number of nitrogens with one attached hydrogen (secondary N) is 1. The van der Waals surface area contributed by atoms with Crippen LogP contribution in [-0.2, 0) is 17.8 Å². The van der Waals surface area contributed by atoms with E-state index in [2.05, 4.69) is 42.6 Å². The molecule has 0 aliphatic heterocycles. The van der Waals surface area contributed by atoms with Gasteiger partial charge in [-0.3, -0.25) is 0 Å². The molecule has 0 saturated heterocycles. The normalized spacial score (nSPS) is 12.1. The molecule has 0 aromatic carbocycles.